The lowest BCUT2D eigenvalue weighted by Crippen LogP contribution is -2.19. The van der Waals surface area contributed by atoms with Crippen LogP contribution in [0.3, 0.4) is 0 Å². The van der Waals surface area contributed by atoms with Crippen molar-refractivity contribution in [1.29, 1.82) is 0 Å². The van der Waals surface area contributed by atoms with Crippen LogP contribution in [-0.2, 0) is 10.8 Å². The van der Waals surface area contributed by atoms with Crippen LogP contribution >= 0.6 is 23.2 Å². The molecule has 0 fully saturated rings. The van der Waals surface area contributed by atoms with Crippen LogP contribution in [-0.4, -0.2) is 13.2 Å². The third-order valence-electron chi connectivity index (χ3n) is 4.26. The molecule has 0 aliphatic heterocycles. The summed E-state index contributed by atoms with van der Waals surface area (Å²) >= 11 is 12.2. The maximum absolute atomic E-state index is 6.18. The smallest absolute Gasteiger partial charge is 0.123 e. The molecular formula is C22H29Cl2NO. The Bertz CT molecular complexity index is 758. The summed E-state index contributed by atoms with van der Waals surface area (Å²) in [5.74, 6) is 0.935. The van der Waals surface area contributed by atoms with Crippen molar-refractivity contribution in [2.75, 3.05) is 18.5 Å². The summed E-state index contributed by atoms with van der Waals surface area (Å²) in [5.41, 5.74) is 3.50. The van der Waals surface area contributed by atoms with E-state index in [0.717, 1.165) is 11.4 Å². The van der Waals surface area contributed by atoms with Crippen molar-refractivity contribution < 1.29 is 4.74 Å². The van der Waals surface area contributed by atoms with Crippen molar-refractivity contribution in [2.45, 2.75) is 52.4 Å². The molecule has 2 nitrogen and oxygen atoms in total. The Morgan fingerprint density at radius 3 is 2.19 bits per heavy atom. The first kappa shape index (κ1) is 20.9. The second kappa shape index (κ2) is 8.10. The highest BCUT2D eigenvalue weighted by atomic mass is 35.5. The SMILES string of the molecule is CC(C)(C)c1ccc(OCCNc2cc(Cl)ccc2Cl)c(C(C)(C)C)c1. The topological polar surface area (TPSA) is 21.3 Å². The molecule has 0 aliphatic rings. The molecule has 0 bridgehead atoms. The van der Waals surface area contributed by atoms with Crippen LogP contribution < -0.4 is 10.1 Å². The second-order valence-corrected chi connectivity index (χ2v) is 9.45. The van der Waals surface area contributed by atoms with E-state index in [4.69, 9.17) is 27.9 Å². The average Bonchev–Trinajstić information content (AvgIpc) is 2.52. The summed E-state index contributed by atoms with van der Waals surface area (Å²) in [5, 5.41) is 4.59. The molecule has 142 valence electrons. The largest absolute Gasteiger partial charge is 0.491 e. The van der Waals surface area contributed by atoms with Crippen LogP contribution in [0.25, 0.3) is 0 Å². The first-order chi connectivity index (χ1) is 12.0. The minimum absolute atomic E-state index is 0.0142. The monoisotopic (exact) mass is 393 g/mol. The summed E-state index contributed by atoms with van der Waals surface area (Å²) in [6.45, 7) is 14.5. The summed E-state index contributed by atoms with van der Waals surface area (Å²) in [4.78, 5) is 0. The number of hydrogen-bond acceptors (Lipinski definition) is 2. The lowest BCUT2D eigenvalue weighted by Gasteiger charge is -2.27. The zero-order valence-corrected chi connectivity index (χ0v) is 18.1. The predicted octanol–water partition coefficient (Wildman–Crippen LogP) is 7.08. The van der Waals surface area contributed by atoms with Crippen LogP contribution in [0.5, 0.6) is 5.75 Å². The summed E-state index contributed by atoms with van der Waals surface area (Å²) in [7, 11) is 0. The first-order valence-corrected chi connectivity index (χ1v) is 9.71. The number of rotatable bonds is 5. The minimum atomic E-state index is 0.0142. The molecule has 0 aromatic heterocycles. The molecule has 0 spiro atoms. The van der Waals surface area contributed by atoms with Gasteiger partial charge >= 0.3 is 0 Å². The number of halogens is 2. The summed E-state index contributed by atoms with van der Waals surface area (Å²) in [6.07, 6.45) is 0. The maximum Gasteiger partial charge on any atom is 0.123 e. The predicted molar refractivity (Wildman–Crippen MR) is 114 cm³/mol. The molecule has 0 aliphatic carbocycles. The van der Waals surface area contributed by atoms with Crippen LogP contribution in [0.15, 0.2) is 36.4 Å². The lowest BCUT2D eigenvalue weighted by molar-refractivity contribution is 0.322. The van der Waals surface area contributed by atoms with Crippen LogP contribution in [0.4, 0.5) is 5.69 Å². The molecule has 2 aromatic carbocycles. The Labute approximate surface area is 167 Å². The van der Waals surface area contributed by atoms with Gasteiger partial charge in [-0.15, -0.1) is 0 Å². The van der Waals surface area contributed by atoms with Gasteiger partial charge in [-0.1, -0.05) is 76.9 Å². The standard InChI is InChI=1S/C22H29Cl2NO/c1-21(2,3)15-7-10-20(17(13-15)22(4,5)6)26-12-11-25-19-14-16(23)8-9-18(19)24/h7-10,13-14,25H,11-12H2,1-6H3. The summed E-state index contributed by atoms with van der Waals surface area (Å²) < 4.78 is 6.08. The van der Waals surface area contributed by atoms with Crippen molar-refractivity contribution in [1.82, 2.24) is 0 Å². The Morgan fingerprint density at radius 1 is 0.885 bits per heavy atom. The van der Waals surface area contributed by atoms with Gasteiger partial charge in [-0.05, 0) is 46.2 Å². The van der Waals surface area contributed by atoms with Gasteiger partial charge in [0, 0.05) is 11.6 Å². The Hall–Kier alpha value is -1.38. The van der Waals surface area contributed by atoms with Gasteiger partial charge in [0.25, 0.3) is 0 Å². The fourth-order valence-corrected chi connectivity index (χ4v) is 3.04. The van der Waals surface area contributed by atoms with E-state index in [1.54, 1.807) is 12.1 Å². The van der Waals surface area contributed by atoms with Crippen molar-refractivity contribution in [3.8, 4) is 5.75 Å². The number of anilines is 1. The van der Waals surface area contributed by atoms with Gasteiger partial charge in [0.2, 0.25) is 0 Å². The van der Waals surface area contributed by atoms with E-state index in [2.05, 4.69) is 65.1 Å². The fourth-order valence-electron chi connectivity index (χ4n) is 2.69. The number of hydrogen-bond donors (Lipinski definition) is 1. The molecule has 2 aromatic rings. The molecule has 4 heteroatoms. The molecule has 26 heavy (non-hydrogen) atoms. The minimum Gasteiger partial charge on any atom is -0.491 e. The Balaban J connectivity index is 2.08. The van der Waals surface area contributed by atoms with Gasteiger partial charge in [0.05, 0.1) is 10.7 Å². The molecule has 0 atom stereocenters. The number of benzene rings is 2. The molecule has 0 saturated heterocycles. The Kier molecular flexibility index (Phi) is 6.52. The Morgan fingerprint density at radius 2 is 1.58 bits per heavy atom. The van der Waals surface area contributed by atoms with E-state index < -0.39 is 0 Å². The van der Waals surface area contributed by atoms with Gasteiger partial charge in [0.15, 0.2) is 0 Å². The quantitative estimate of drug-likeness (QED) is 0.547. The number of nitrogens with one attached hydrogen (secondary N) is 1. The molecule has 0 saturated carbocycles. The van der Waals surface area contributed by atoms with Gasteiger partial charge in [-0.2, -0.15) is 0 Å². The van der Waals surface area contributed by atoms with E-state index >= 15 is 0 Å². The van der Waals surface area contributed by atoms with E-state index in [-0.39, 0.29) is 10.8 Å². The van der Waals surface area contributed by atoms with Crippen molar-refractivity contribution in [2.24, 2.45) is 0 Å². The zero-order valence-electron chi connectivity index (χ0n) is 16.5. The molecule has 0 heterocycles. The van der Waals surface area contributed by atoms with Gasteiger partial charge in [-0.3, -0.25) is 0 Å². The fraction of sp³-hybridized carbons (Fsp3) is 0.455. The van der Waals surface area contributed by atoms with Gasteiger partial charge in [0.1, 0.15) is 12.4 Å². The molecule has 0 radical (unpaired) electrons. The first-order valence-electron chi connectivity index (χ1n) is 8.95. The third kappa shape index (κ3) is 5.56. The van der Waals surface area contributed by atoms with Crippen molar-refractivity contribution in [3.63, 3.8) is 0 Å². The lowest BCUT2D eigenvalue weighted by atomic mass is 9.80. The van der Waals surface area contributed by atoms with E-state index in [1.165, 1.54) is 11.1 Å². The van der Waals surface area contributed by atoms with Gasteiger partial charge < -0.3 is 10.1 Å². The normalized spacial score (nSPS) is 12.2. The molecule has 1 N–H and O–H groups in total. The highest BCUT2D eigenvalue weighted by molar-refractivity contribution is 6.35. The summed E-state index contributed by atoms with van der Waals surface area (Å²) in [6, 6.07) is 11.9. The van der Waals surface area contributed by atoms with E-state index in [0.29, 0.717) is 23.2 Å². The molecule has 0 amide bonds. The maximum atomic E-state index is 6.18. The zero-order chi connectivity index (χ0) is 19.5. The highest BCUT2D eigenvalue weighted by Gasteiger charge is 2.23. The van der Waals surface area contributed by atoms with Crippen LogP contribution in [0.1, 0.15) is 52.7 Å². The van der Waals surface area contributed by atoms with Crippen LogP contribution in [0, 0.1) is 0 Å². The second-order valence-electron chi connectivity index (χ2n) is 8.61. The third-order valence-corrected chi connectivity index (χ3v) is 4.82. The average molecular weight is 394 g/mol. The molecular weight excluding hydrogens is 365 g/mol. The molecule has 2 rings (SSSR count). The van der Waals surface area contributed by atoms with Crippen LogP contribution in [0.2, 0.25) is 10.0 Å². The van der Waals surface area contributed by atoms with E-state index in [1.807, 2.05) is 6.07 Å². The van der Waals surface area contributed by atoms with Crippen molar-refractivity contribution in [3.05, 3.63) is 57.6 Å². The molecule has 0 unspecified atom stereocenters. The van der Waals surface area contributed by atoms with Gasteiger partial charge in [-0.25, -0.2) is 0 Å². The van der Waals surface area contributed by atoms with E-state index in [9.17, 15) is 0 Å². The van der Waals surface area contributed by atoms with Crippen molar-refractivity contribution >= 4 is 28.9 Å². The number of ether oxygens (including phenoxy) is 1. The highest BCUT2D eigenvalue weighted by Crippen LogP contribution is 2.35.